The summed E-state index contributed by atoms with van der Waals surface area (Å²) in [4.78, 5) is 0. The van der Waals surface area contributed by atoms with Gasteiger partial charge in [-0.3, -0.25) is 0 Å². The number of ether oxygens (including phenoxy) is 2. The summed E-state index contributed by atoms with van der Waals surface area (Å²) in [5.41, 5.74) is 2.50. The molecule has 1 saturated heterocycles. The summed E-state index contributed by atoms with van der Waals surface area (Å²) in [7, 11) is 1.96. The second kappa shape index (κ2) is 6.03. The van der Waals surface area contributed by atoms with Gasteiger partial charge in [-0.05, 0) is 26.5 Å². The zero-order valence-corrected chi connectivity index (χ0v) is 10.7. The van der Waals surface area contributed by atoms with Crippen LogP contribution in [0.1, 0.15) is 17.5 Å². The maximum atomic E-state index is 5.91. The second-order valence-corrected chi connectivity index (χ2v) is 4.68. The fraction of sp³-hybridized carbons (Fsp3) is 0.571. The van der Waals surface area contributed by atoms with Gasteiger partial charge < -0.3 is 14.8 Å². The van der Waals surface area contributed by atoms with E-state index in [9.17, 15) is 0 Å². The molecule has 1 aliphatic rings. The summed E-state index contributed by atoms with van der Waals surface area (Å²) in [6, 6.07) is 6.34. The molecule has 0 aromatic heterocycles. The van der Waals surface area contributed by atoms with Crippen LogP contribution in [0.15, 0.2) is 18.2 Å². The van der Waals surface area contributed by atoms with Crippen LogP contribution in [0, 0.1) is 12.8 Å². The van der Waals surface area contributed by atoms with Gasteiger partial charge in [0.1, 0.15) is 5.75 Å². The molecule has 1 aromatic rings. The van der Waals surface area contributed by atoms with E-state index in [1.165, 1.54) is 11.1 Å². The van der Waals surface area contributed by atoms with Gasteiger partial charge in [-0.25, -0.2) is 0 Å². The highest BCUT2D eigenvalue weighted by Gasteiger charge is 2.16. The van der Waals surface area contributed by atoms with E-state index >= 15 is 0 Å². The average Bonchev–Trinajstić information content (AvgIpc) is 2.81. The Balaban J connectivity index is 1.98. The Labute approximate surface area is 103 Å². The van der Waals surface area contributed by atoms with E-state index in [0.29, 0.717) is 5.92 Å². The molecule has 0 bridgehead atoms. The van der Waals surface area contributed by atoms with Gasteiger partial charge in [0.15, 0.2) is 0 Å². The zero-order chi connectivity index (χ0) is 12.1. The van der Waals surface area contributed by atoms with Gasteiger partial charge in [0.25, 0.3) is 0 Å². The van der Waals surface area contributed by atoms with Crippen molar-refractivity contribution < 1.29 is 9.47 Å². The van der Waals surface area contributed by atoms with Crippen LogP contribution in [0.3, 0.4) is 0 Å². The minimum atomic E-state index is 0.554. The molecular formula is C14H21NO2. The fourth-order valence-corrected chi connectivity index (χ4v) is 2.10. The first-order chi connectivity index (χ1) is 8.29. The normalized spacial score (nSPS) is 19.5. The molecule has 1 unspecified atom stereocenters. The van der Waals surface area contributed by atoms with Crippen molar-refractivity contribution in [2.45, 2.75) is 19.9 Å². The minimum Gasteiger partial charge on any atom is -0.493 e. The lowest BCUT2D eigenvalue weighted by molar-refractivity contribution is 0.166. The molecule has 0 spiro atoms. The smallest absolute Gasteiger partial charge is 0.123 e. The number of nitrogens with one attached hydrogen (secondary N) is 1. The molecule has 0 radical (unpaired) electrons. The van der Waals surface area contributed by atoms with Crippen LogP contribution < -0.4 is 10.1 Å². The number of rotatable bonds is 5. The topological polar surface area (TPSA) is 30.5 Å². The molecule has 1 N–H and O–H groups in total. The molecule has 1 aliphatic heterocycles. The van der Waals surface area contributed by atoms with Crippen LogP contribution in [0.5, 0.6) is 5.75 Å². The molecule has 0 aliphatic carbocycles. The van der Waals surface area contributed by atoms with Gasteiger partial charge in [-0.2, -0.15) is 0 Å². The number of aryl methyl sites for hydroxylation is 1. The van der Waals surface area contributed by atoms with Crippen LogP contribution in [0.4, 0.5) is 0 Å². The molecule has 3 heteroatoms. The Kier molecular flexibility index (Phi) is 4.40. The van der Waals surface area contributed by atoms with Crippen LogP contribution in [0.25, 0.3) is 0 Å². The van der Waals surface area contributed by atoms with Crippen molar-refractivity contribution in [2.24, 2.45) is 5.92 Å². The maximum Gasteiger partial charge on any atom is 0.123 e. The van der Waals surface area contributed by atoms with E-state index < -0.39 is 0 Å². The molecule has 17 heavy (non-hydrogen) atoms. The zero-order valence-electron chi connectivity index (χ0n) is 10.7. The van der Waals surface area contributed by atoms with E-state index in [0.717, 1.165) is 38.5 Å². The second-order valence-electron chi connectivity index (χ2n) is 4.68. The SMILES string of the molecule is CNCc1cc(C)ccc1OCC1CCOC1. The lowest BCUT2D eigenvalue weighted by atomic mass is 10.1. The van der Waals surface area contributed by atoms with Gasteiger partial charge in [0, 0.05) is 24.6 Å². The highest BCUT2D eigenvalue weighted by atomic mass is 16.5. The van der Waals surface area contributed by atoms with Crippen molar-refractivity contribution in [1.29, 1.82) is 0 Å². The maximum absolute atomic E-state index is 5.91. The molecule has 1 atom stereocenters. The summed E-state index contributed by atoms with van der Waals surface area (Å²) >= 11 is 0. The Morgan fingerprint density at radius 3 is 3.06 bits per heavy atom. The predicted molar refractivity (Wildman–Crippen MR) is 68.4 cm³/mol. The standard InChI is InChI=1S/C14H21NO2/c1-11-3-4-14(13(7-11)8-15-2)17-10-12-5-6-16-9-12/h3-4,7,12,15H,5-6,8-10H2,1-2H3. The van der Waals surface area contributed by atoms with E-state index in [2.05, 4.69) is 30.4 Å². The van der Waals surface area contributed by atoms with E-state index in [-0.39, 0.29) is 0 Å². The molecule has 0 saturated carbocycles. The van der Waals surface area contributed by atoms with Crippen LogP contribution >= 0.6 is 0 Å². The minimum absolute atomic E-state index is 0.554. The molecule has 1 aromatic carbocycles. The largest absolute Gasteiger partial charge is 0.493 e. The van der Waals surface area contributed by atoms with E-state index in [4.69, 9.17) is 9.47 Å². The number of hydrogen-bond acceptors (Lipinski definition) is 3. The Morgan fingerprint density at radius 1 is 1.47 bits per heavy atom. The van der Waals surface area contributed by atoms with Gasteiger partial charge in [-0.1, -0.05) is 17.7 Å². The molecule has 3 nitrogen and oxygen atoms in total. The fourth-order valence-electron chi connectivity index (χ4n) is 2.10. The third-order valence-corrected chi connectivity index (χ3v) is 3.08. The molecule has 94 valence electrons. The summed E-state index contributed by atoms with van der Waals surface area (Å²) in [5, 5.41) is 3.17. The van der Waals surface area contributed by atoms with Gasteiger partial charge >= 0.3 is 0 Å². The first-order valence-corrected chi connectivity index (χ1v) is 6.24. The molecule has 1 heterocycles. The van der Waals surface area contributed by atoms with Crippen LogP contribution in [0.2, 0.25) is 0 Å². The third-order valence-electron chi connectivity index (χ3n) is 3.08. The van der Waals surface area contributed by atoms with Crippen molar-refractivity contribution in [3.63, 3.8) is 0 Å². The Bertz CT molecular complexity index is 359. The van der Waals surface area contributed by atoms with Gasteiger partial charge in [0.2, 0.25) is 0 Å². The monoisotopic (exact) mass is 235 g/mol. The van der Waals surface area contributed by atoms with Crippen LogP contribution in [-0.4, -0.2) is 26.9 Å². The predicted octanol–water partition coefficient (Wildman–Crippen LogP) is 2.13. The molecule has 1 fully saturated rings. The van der Waals surface area contributed by atoms with Crippen molar-refractivity contribution in [3.05, 3.63) is 29.3 Å². The van der Waals surface area contributed by atoms with E-state index in [1.54, 1.807) is 0 Å². The molecule has 2 rings (SSSR count). The first-order valence-electron chi connectivity index (χ1n) is 6.24. The van der Waals surface area contributed by atoms with Gasteiger partial charge in [0.05, 0.1) is 13.2 Å². The summed E-state index contributed by atoms with van der Waals surface area (Å²) < 4.78 is 11.3. The average molecular weight is 235 g/mol. The number of hydrogen-bond donors (Lipinski definition) is 1. The molecule has 0 amide bonds. The van der Waals surface area contributed by atoms with Crippen molar-refractivity contribution in [3.8, 4) is 5.75 Å². The summed E-state index contributed by atoms with van der Waals surface area (Å²) in [6.07, 6.45) is 1.12. The molecular weight excluding hydrogens is 214 g/mol. The quantitative estimate of drug-likeness (QED) is 0.848. The van der Waals surface area contributed by atoms with Crippen molar-refractivity contribution >= 4 is 0 Å². The van der Waals surface area contributed by atoms with Crippen molar-refractivity contribution in [2.75, 3.05) is 26.9 Å². The lowest BCUT2D eigenvalue weighted by Gasteiger charge is -2.14. The first kappa shape index (κ1) is 12.4. The number of benzene rings is 1. The van der Waals surface area contributed by atoms with Crippen LogP contribution in [-0.2, 0) is 11.3 Å². The lowest BCUT2D eigenvalue weighted by Crippen LogP contribution is -2.14. The highest BCUT2D eigenvalue weighted by molar-refractivity contribution is 5.36. The van der Waals surface area contributed by atoms with Gasteiger partial charge in [-0.15, -0.1) is 0 Å². The Hall–Kier alpha value is -1.06. The summed E-state index contributed by atoms with van der Waals surface area (Å²) in [5.74, 6) is 1.55. The highest BCUT2D eigenvalue weighted by Crippen LogP contribution is 2.22. The Morgan fingerprint density at radius 2 is 2.35 bits per heavy atom. The summed E-state index contributed by atoms with van der Waals surface area (Å²) in [6.45, 7) is 5.43. The van der Waals surface area contributed by atoms with E-state index in [1.807, 2.05) is 7.05 Å². The van der Waals surface area contributed by atoms with Crippen molar-refractivity contribution in [1.82, 2.24) is 5.32 Å². The third kappa shape index (κ3) is 3.45.